The van der Waals surface area contributed by atoms with E-state index in [1.807, 2.05) is 0 Å². The molecule has 6 aromatic rings. The van der Waals surface area contributed by atoms with Crippen LogP contribution in [0.4, 0.5) is 38.0 Å². The van der Waals surface area contributed by atoms with Crippen LogP contribution in [0.15, 0.2) is 71.7 Å². The smallest absolute Gasteiger partial charge is 0.355 e. The molecule has 250 valence electrons. The van der Waals surface area contributed by atoms with E-state index in [1.54, 1.807) is 42.3 Å². The normalized spacial score (nSPS) is 11.5. The number of amides is 1. The van der Waals surface area contributed by atoms with Crippen LogP contribution < -0.4 is 10.6 Å². The van der Waals surface area contributed by atoms with Crippen LogP contribution in [0.1, 0.15) is 27.0 Å². The van der Waals surface area contributed by atoms with Gasteiger partial charge in [0.25, 0.3) is 5.91 Å². The summed E-state index contributed by atoms with van der Waals surface area (Å²) in [5, 5.41) is 10.5. The Kier molecular flexibility index (Phi) is 9.79. The molecule has 3 aromatic heterocycles. The molecule has 0 unspecified atom stereocenters. The van der Waals surface area contributed by atoms with Gasteiger partial charge in [0.15, 0.2) is 0 Å². The number of nitrogens with zero attached hydrogens (tertiary/aromatic N) is 6. The van der Waals surface area contributed by atoms with Crippen molar-refractivity contribution in [3.05, 3.63) is 99.3 Å². The van der Waals surface area contributed by atoms with Gasteiger partial charge in [0.1, 0.15) is 0 Å². The van der Waals surface area contributed by atoms with Crippen LogP contribution in [-0.2, 0) is 19.4 Å². The Bertz CT molecular complexity index is 2270. The Morgan fingerprint density at radius 2 is 1.53 bits per heavy atom. The molecule has 0 aliphatic rings. The van der Waals surface area contributed by atoms with Crippen LogP contribution in [0, 0.1) is 12.3 Å². The molecule has 17 heteroatoms. The van der Waals surface area contributed by atoms with Gasteiger partial charge in [-0.1, -0.05) is 21.9 Å². The molecule has 6 rings (SSSR count). The second-order valence-electron chi connectivity index (χ2n) is 10.2. The van der Waals surface area contributed by atoms with Gasteiger partial charge in [-0.15, -0.1) is 6.42 Å². The average molecular weight is 762 g/mol. The van der Waals surface area contributed by atoms with Crippen molar-refractivity contribution in [3.8, 4) is 23.5 Å². The largest absolute Gasteiger partial charge is 0.417 e. The lowest BCUT2D eigenvalue weighted by molar-refractivity contribution is -0.138. The fourth-order valence-corrected chi connectivity index (χ4v) is 5.31. The summed E-state index contributed by atoms with van der Waals surface area (Å²) in [5.74, 6) is 1.82. The van der Waals surface area contributed by atoms with E-state index in [4.69, 9.17) is 18.0 Å². The zero-order valence-corrected chi connectivity index (χ0v) is 27.4. The molecule has 0 radical (unpaired) electrons. The van der Waals surface area contributed by atoms with E-state index in [-0.39, 0.29) is 38.2 Å². The van der Waals surface area contributed by atoms with E-state index in [1.165, 1.54) is 31.6 Å². The quantitative estimate of drug-likeness (QED) is 0.106. The summed E-state index contributed by atoms with van der Waals surface area (Å²) in [6, 6.07) is 9.45. The average Bonchev–Trinajstić information content (AvgIpc) is 3.49. The third kappa shape index (κ3) is 8.07. The third-order valence-electron chi connectivity index (χ3n) is 6.84. The van der Waals surface area contributed by atoms with Gasteiger partial charge in [-0.05, 0) is 59.6 Å². The van der Waals surface area contributed by atoms with E-state index in [9.17, 15) is 31.1 Å². The van der Waals surface area contributed by atoms with Gasteiger partial charge in [0.05, 0.1) is 28.4 Å². The minimum absolute atomic E-state index is 0.0431. The molecule has 0 aliphatic carbocycles. The van der Waals surface area contributed by atoms with Crippen LogP contribution in [0.25, 0.3) is 32.9 Å². The predicted octanol–water partition coefficient (Wildman–Crippen LogP) is 8.20. The molecule has 3 aromatic carbocycles. The van der Waals surface area contributed by atoms with E-state index < -0.39 is 23.5 Å². The predicted molar refractivity (Wildman–Crippen MR) is 175 cm³/mol. The van der Waals surface area contributed by atoms with Crippen molar-refractivity contribution in [2.45, 2.75) is 12.4 Å². The molecule has 0 fully saturated rings. The lowest BCUT2D eigenvalue weighted by Gasteiger charge is -2.12. The fraction of sp³-hybridized carbons (Fsp3) is 0.125. The van der Waals surface area contributed by atoms with Gasteiger partial charge in [-0.2, -0.15) is 31.4 Å². The number of aromatic nitrogens is 6. The Labute approximate surface area is 286 Å². The molecule has 0 spiro atoms. The zero-order chi connectivity index (χ0) is 35.7. The molecule has 0 saturated heterocycles. The molecule has 3 heterocycles. The van der Waals surface area contributed by atoms with E-state index in [2.05, 4.69) is 57.5 Å². The van der Waals surface area contributed by atoms with E-state index in [0.29, 0.717) is 27.6 Å². The zero-order valence-electron chi connectivity index (χ0n) is 25.0. The Balaban J connectivity index is 0.000000244. The number of carbonyl (C=O) groups excluding carboxylic acids is 1. The molecule has 0 atom stereocenters. The van der Waals surface area contributed by atoms with Crippen LogP contribution in [0.2, 0.25) is 5.28 Å². The molecule has 49 heavy (non-hydrogen) atoms. The number of rotatable bonds is 4. The number of alkyl halides is 6. The molecule has 0 bridgehead atoms. The highest BCUT2D eigenvalue weighted by Crippen LogP contribution is 2.37. The second kappa shape index (κ2) is 13.7. The number of halogens is 8. The van der Waals surface area contributed by atoms with Crippen molar-refractivity contribution in [1.29, 1.82) is 0 Å². The highest BCUT2D eigenvalue weighted by molar-refractivity contribution is 9.10. The van der Waals surface area contributed by atoms with Crippen molar-refractivity contribution >= 4 is 66.9 Å². The Morgan fingerprint density at radius 3 is 2.16 bits per heavy atom. The first-order valence-corrected chi connectivity index (χ1v) is 14.9. The number of fused-ring (bicyclic) bond motifs is 2. The van der Waals surface area contributed by atoms with Crippen LogP contribution in [0.5, 0.6) is 0 Å². The van der Waals surface area contributed by atoms with Gasteiger partial charge >= 0.3 is 12.4 Å². The summed E-state index contributed by atoms with van der Waals surface area (Å²) in [6.07, 6.45) is 2.40. The SMILES string of the molecule is C#Cc1cc2cnc(Nc3cc(C(=O)NC)cc(-c4cnn(C)c4)c3)nc2cc1C(F)(F)F.FC(F)(F)c1cc2nc(Cl)ncc2cc1Br. The van der Waals surface area contributed by atoms with E-state index in [0.717, 1.165) is 17.7 Å². The number of anilines is 2. The van der Waals surface area contributed by atoms with Gasteiger partial charge in [-0.25, -0.2) is 19.9 Å². The van der Waals surface area contributed by atoms with Gasteiger partial charge in [0, 0.05) is 70.3 Å². The van der Waals surface area contributed by atoms with Crippen molar-refractivity contribution < 1.29 is 31.1 Å². The summed E-state index contributed by atoms with van der Waals surface area (Å²) >= 11 is 8.37. The first kappa shape index (κ1) is 35.0. The number of carbonyl (C=O) groups is 1. The van der Waals surface area contributed by atoms with Gasteiger partial charge in [0.2, 0.25) is 11.2 Å². The number of terminal acetylenes is 1. The molecule has 2 N–H and O–H groups in total. The highest BCUT2D eigenvalue weighted by atomic mass is 79.9. The third-order valence-corrected chi connectivity index (χ3v) is 7.68. The summed E-state index contributed by atoms with van der Waals surface area (Å²) in [6.45, 7) is 0. The minimum Gasteiger partial charge on any atom is -0.355 e. The van der Waals surface area contributed by atoms with Crippen LogP contribution in [0.3, 0.4) is 0 Å². The van der Waals surface area contributed by atoms with E-state index >= 15 is 0 Å². The highest BCUT2D eigenvalue weighted by Gasteiger charge is 2.34. The summed E-state index contributed by atoms with van der Waals surface area (Å²) in [4.78, 5) is 28.1. The van der Waals surface area contributed by atoms with Gasteiger partial charge in [-0.3, -0.25) is 9.48 Å². The first-order chi connectivity index (χ1) is 23.0. The maximum absolute atomic E-state index is 13.4. The Morgan fingerprint density at radius 1 is 0.878 bits per heavy atom. The van der Waals surface area contributed by atoms with Crippen molar-refractivity contribution in [1.82, 2.24) is 35.0 Å². The molecule has 9 nitrogen and oxygen atoms in total. The number of hydrogen-bond donors (Lipinski definition) is 2. The topological polar surface area (TPSA) is 111 Å². The number of aryl methyl sites for hydroxylation is 1. The molecular weight excluding hydrogens is 742 g/mol. The monoisotopic (exact) mass is 760 g/mol. The molecular formula is C32H20BrClF6N8O. The number of benzene rings is 3. The van der Waals surface area contributed by atoms with Gasteiger partial charge < -0.3 is 10.6 Å². The molecule has 0 aliphatic heterocycles. The number of nitrogens with one attached hydrogen (secondary N) is 2. The number of hydrogen-bond acceptors (Lipinski definition) is 7. The minimum atomic E-state index is -4.62. The van der Waals surface area contributed by atoms with Crippen molar-refractivity contribution in [2.75, 3.05) is 12.4 Å². The maximum atomic E-state index is 13.4. The van der Waals surface area contributed by atoms with Crippen molar-refractivity contribution in [3.63, 3.8) is 0 Å². The standard InChI is InChI=1S/C23H17F3N6O.C9H3BrClF3N2/c1-4-13-5-16-10-28-22(31-20(16)9-19(13)23(24,25)26)30-18-7-14(17-11-29-32(3)12-17)6-15(8-18)21(33)27-2;10-6-1-4-3-15-8(11)16-7(4)2-5(6)9(12,13)14/h1,5-12H,2-3H3,(H,27,33)(H,28,30,31);1-3H. The van der Waals surface area contributed by atoms with Crippen molar-refractivity contribution in [2.24, 2.45) is 7.05 Å². The lowest BCUT2D eigenvalue weighted by atomic mass is 10.0. The van der Waals surface area contributed by atoms with Crippen LogP contribution >= 0.6 is 27.5 Å². The maximum Gasteiger partial charge on any atom is 0.417 e. The summed E-state index contributed by atoms with van der Waals surface area (Å²) in [5.41, 5.74) is 0.582. The second-order valence-corrected chi connectivity index (χ2v) is 11.4. The lowest BCUT2D eigenvalue weighted by Crippen LogP contribution is -2.18. The fourth-order valence-electron chi connectivity index (χ4n) is 4.58. The Hall–Kier alpha value is -5.27. The molecule has 0 saturated carbocycles. The first-order valence-electron chi connectivity index (χ1n) is 13.7. The molecule has 1 amide bonds. The summed E-state index contributed by atoms with van der Waals surface area (Å²) < 4.78 is 79.4. The summed E-state index contributed by atoms with van der Waals surface area (Å²) in [7, 11) is 3.29. The van der Waals surface area contributed by atoms with Crippen LogP contribution in [-0.4, -0.2) is 42.7 Å².